The van der Waals surface area contributed by atoms with Gasteiger partial charge in [0.2, 0.25) is 0 Å². The lowest BCUT2D eigenvalue weighted by Gasteiger charge is -2.32. The minimum Gasteiger partial charge on any atom is -0.465 e. The molecule has 4 rings (SSSR count). The van der Waals surface area contributed by atoms with Crippen molar-refractivity contribution in [2.24, 2.45) is 4.99 Å². The highest BCUT2D eigenvalue weighted by Gasteiger charge is 2.31. The maximum absolute atomic E-state index is 5.99. The lowest BCUT2D eigenvalue weighted by Crippen LogP contribution is -2.47. The van der Waals surface area contributed by atoms with Crippen molar-refractivity contribution in [1.82, 2.24) is 20.0 Å². The van der Waals surface area contributed by atoms with Gasteiger partial charge in [-0.2, -0.15) is 0 Å². The largest absolute Gasteiger partial charge is 0.465 e. The summed E-state index contributed by atoms with van der Waals surface area (Å²) in [6.07, 6.45) is 3.75. The average molecular weight is 517 g/mol. The number of guanidine groups is 1. The molecule has 8 heteroatoms. The van der Waals surface area contributed by atoms with Crippen molar-refractivity contribution in [3.05, 3.63) is 23.7 Å². The first-order valence-electron chi connectivity index (χ1n) is 10.8. The molecule has 0 saturated carbocycles. The Kier molecular flexibility index (Phi) is 8.64. The Labute approximate surface area is 191 Å². The molecular formula is C21H36IN5O2. The van der Waals surface area contributed by atoms with Crippen LogP contribution in [0.3, 0.4) is 0 Å². The number of hydrogen-bond donors (Lipinski definition) is 1. The van der Waals surface area contributed by atoms with E-state index in [0.717, 1.165) is 76.5 Å². The van der Waals surface area contributed by atoms with Crippen LogP contribution in [0, 0.1) is 6.92 Å². The molecule has 2 unspecified atom stereocenters. The van der Waals surface area contributed by atoms with E-state index in [1.54, 1.807) is 0 Å². The van der Waals surface area contributed by atoms with Gasteiger partial charge in [0, 0.05) is 45.8 Å². The summed E-state index contributed by atoms with van der Waals surface area (Å²) >= 11 is 0. The summed E-state index contributed by atoms with van der Waals surface area (Å²) in [6.45, 7) is 11.1. The SMILES string of the molecule is CN=C(NCC(c1ccc(C)o1)N1CCCC1)N1CCC(N2CCOCC2)C1.I. The van der Waals surface area contributed by atoms with Crippen LogP contribution in [0.2, 0.25) is 0 Å². The zero-order chi connectivity index (χ0) is 19.3. The van der Waals surface area contributed by atoms with Crippen LogP contribution < -0.4 is 5.32 Å². The minimum atomic E-state index is 0. The lowest BCUT2D eigenvalue weighted by atomic mass is 10.2. The summed E-state index contributed by atoms with van der Waals surface area (Å²) in [5.41, 5.74) is 0. The third-order valence-corrected chi connectivity index (χ3v) is 6.36. The second-order valence-electron chi connectivity index (χ2n) is 8.17. The average Bonchev–Trinajstić information content (AvgIpc) is 3.48. The van der Waals surface area contributed by atoms with Crippen LogP contribution >= 0.6 is 24.0 Å². The topological polar surface area (TPSA) is 56.5 Å². The molecule has 0 amide bonds. The van der Waals surface area contributed by atoms with Crippen molar-refractivity contribution in [3.63, 3.8) is 0 Å². The van der Waals surface area contributed by atoms with Gasteiger partial charge >= 0.3 is 0 Å². The first-order chi connectivity index (χ1) is 13.7. The number of likely N-dealkylation sites (tertiary alicyclic amines) is 2. The van der Waals surface area contributed by atoms with Gasteiger partial charge in [0.25, 0.3) is 0 Å². The Bertz CT molecular complexity index is 655. The van der Waals surface area contributed by atoms with Crippen LogP contribution in [0.5, 0.6) is 0 Å². The van der Waals surface area contributed by atoms with Crippen LogP contribution in [-0.2, 0) is 4.74 Å². The van der Waals surface area contributed by atoms with Gasteiger partial charge in [0.15, 0.2) is 5.96 Å². The van der Waals surface area contributed by atoms with Gasteiger partial charge in [-0.1, -0.05) is 0 Å². The summed E-state index contributed by atoms with van der Waals surface area (Å²) in [7, 11) is 1.90. The Hall–Kier alpha value is -0.840. The number of aliphatic imine (C=N–C) groups is 1. The Morgan fingerprint density at radius 2 is 1.93 bits per heavy atom. The summed E-state index contributed by atoms with van der Waals surface area (Å²) in [5, 5.41) is 3.65. The van der Waals surface area contributed by atoms with E-state index in [9.17, 15) is 0 Å². The van der Waals surface area contributed by atoms with Crippen molar-refractivity contribution in [2.45, 2.75) is 38.3 Å². The maximum atomic E-state index is 5.99. The molecule has 0 aliphatic carbocycles. The number of furan rings is 1. The van der Waals surface area contributed by atoms with Gasteiger partial charge in [-0.05, 0) is 51.4 Å². The molecule has 1 aromatic heterocycles. The molecule has 3 fully saturated rings. The Balaban J connectivity index is 0.00000240. The van der Waals surface area contributed by atoms with E-state index in [1.807, 2.05) is 14.0 Å². The van der Waals surface area contributed by atoms with Crippen molar-refractivity contribution >= 4 is 29.9 Å². The fourth-order valence-corrected chi connectivity index (χ4v) is 4.79. The van der Waals surface area contributed by atoms with E-state index in [2.05, 4.69) is 37.1 Å². The number of aryl methyl sites for hydroxylation is 1. The van der Waals surface area contributed by atoms with Gasteiger partial charge in [0.05, 0.1) is 19.3 Å². The second kappa shape index (κ2) is 11.0. The van der Waals surface area contributed by atoms with E-state index in [1.165, 1.54) is 19.3 Å². The van der Waals surface area contributed by atoms with Gasteiger partial charge in [-0.3, -0.25) is 14.8 Å². The molecule has 7 nitrogen and oxygen atoms in total. The number of nitrogens with zero attached hydrogens (tertiary/aromatic N) is 4. The summed E-state index contributed by atoms with van der Waals surface area (Å²) in [5.74, 6) is 3.06. The Morgan fingerprint density at radius 3 is 2.59 bits per heavy atom. The molecule has 3 aliphatic rings. The van der Waals surface area contributed by atoms with Gasteiger partial charge in [-0.25, -0.2) is 0 Å². The van der Waals surface area contributed by atoms with Crippen LogP contribution in [0.15, 0.2) is 21.5 Å². The number of ether oxygens (including phenoxy) is 1. The lowest BCUT2D eigenvalue weighted by molar-refractivity contribution is 0.0194. The number of halogens is 1. The van der Waals surface area contributed by atoms with Crippen molar-refractivity contribution in [2.75, 3.05) is 66.1 Å². The van der Waals surface area contributed by atoms with Crippen LogP contribution in [0.4, 0.5) is 0 Å². The first-order valence-corrected chi connectivity index (χ1v) is 10.8. The zero-order valence-electron chi connectivity index (χ0n) is 17.8. The van der Waals surface area contributed by atoms with E-state index < -0.39 is 0 Å². The fourth-order valence-electron chi connectivity index (χ4n) is 4.79. The number of hydrogen-bond acceptors (Lipinski definition) is 5. The van der Waals surface area contributed by atoms with E-state index >= 15 is 0 Å². The predicted octanol–water partition coefficient (Wildman–Crippen LogP) is 2.32. The molecule has 0 aromatic carbocycles. The van der Waals surface area contributed by atoms with Crippen LogP contribution in [0.25, 0.3) is 0 Å². The quantitative estimate of drug-likeness (QED) is 0.368. The molecule has 0 radical (unpaired) electrons. The molecule has 0 bridgehead atoms. The molecule has 0 spiro atoms. The molecule has 1 N–H and O–H groups in total. The van der Waals surface area contributed by atoms with E-state index in [0.29, 0.717) is 6.04 Å². The van der Waals surface area contributed by atoms with Crippen LogP contribution in [0.1, 0.15) is 36.8 Å². The summed E-state index contributed by atoms with van der Waals surface area (Å²) in [4.78, 5) is 12.1. The normalized spacial score (nSPS) is 25.2. The maximum Gasteiger partial charge on any atom is 0.193 e. The van der Waals surface area contributed by atoms with Crippen molar-refractivity contribution < 1.29 is 9.15 Å². The monoisotopic (exact) mass is 517 g/mol. The fraction of sp³-hybridized carbons (Fsp3) is 0.762. The Morgan fingerprint density at radius 1 is 1.17 bits per heavy atom. The third-order valence-electron chi connectivity index (χ3n) is 6.36. The molecule has 29 heavy (non-hydrogen) atoms. The molecule has 2 atom stereocenters. The van der Waals surface area contributed by atoms with Crippen molar-refractivity contribution in [1.29, 1.82) is 0 Å². The van der Waals surface area contributed by atoms with Gasteiger partial charge < -0.3 is 19.4 Å². The molecule has 1 aromatic rings. The molecule has 164 valence electrons. The summed E-state index contributed by atoms with van der Waals surface area (Å²) in [6, 6.07) is 5.09. The highest BCUT2D eigenvalue weighted by atomic mass is 127. The van der Waals surface area contributed by atoms with Gasteiger partial charge in [0.1, 0.15) is 11.5 Å². The van der Waals surface area contributed by atoms with Gasteiger partial charge in [-0.15, -0.1) is 24.0 Å². The smallest absolute Gasteiger partial charge is 0.193 e. The van der Waals surface area contributed by atoms with E-state index in [4.69, 9.17) is 9.15 Å². The summed E-state index contributed by atoms with van der Waals surface area (Å²) < 4.78 is 11.5. The highest BCUT2D eigenvalue weighted by Crippen LogP contribution is 2.26. The number of morpholine rings is 1. The van der Waals surface area contributed by atoms with Crippen molar-refractivity contribution in [3.8, 4) is 0 Å². The molecule has 3 saturated heterocycles. The molecular weight excluding hydrogens is 481 g/mol. The third kappa shape index (κ3) is 5.65. The number of nitrogens with one attached hydrogen (secondary N) is 1. The minimum absolute atomic E-state index is 0. The van der Waals surface area contributed by atoms with E-state index in [-0.39, 0.29) is 30.0 Å². The van der Waals surface area contributed by atoms with Crippen LogP contribution in [-0.4, -0.2) is 92.8 Å². The standard InChI is InChI=1S/C21H35N5O2.HI/c1-17-5-6-20(28-17)19(25-8-3-4-9-25)15-23-21(22-2)26-10-7-18(16-26)24-11-13-27-14-12-24;/h5-6,18-19H,3-4,7-16H2,1-2H3,(H,22,23);1H. The zero-order valence-corrected chi connectivity index (χ0v) is 20.1. The predicted molar refractivity (Wildman–Crippen MR) is 126 cm³/mol. The highest BCUT2D eigenvalue weighted by molar-refractivity contribution is 14.0. The molecule has 4 heterocycles. The first kappa shape index (κ1) is 22.8. The number of rotatable bonds is 5. The second-order valence-corrected chi connectivity index (χ2v) is 8.17. The molecule has 3 aliphatic heterocycles.